The lowest BCUT2D eigenvalue weighted by atomic mass is 9.75. The number of hydrogen-bond acceptors (Lipinski definition) is 3. The van der Waals surface area contributed by atoms with Gasteiger partial charge in [-0.1, -0.05) is 13.8 Å². The minimum atomic E-state index is -0.439. The lowest BCUT2D eigenvalue weighted by molar-refractivity contribution is -0.135. The molecule has 0 aromatic rings. The van der Waals surface area contributed by atoms with E-state index in [-0.39, 0.29) is 17.4 Å². The van der Waals surface area contributed by atoms with E-state index in [2.05, 4.69) is 5.32 Å². The number of likely N-dealkylation sites (N-methyl/N-ethyl adjacent to an activating group) is 1. The van der Waals surface area contributed by atoms with Crippen molar-refractivity contribution in [2.75, 3.05) is 14.1 Å². The van der Waals surface area contributed by atoms with Crippen LogP contribution in [0.2, 0.25) is 0 Å². The molecule has 1 atom stereocenters. The van der Waals surface area contributed by atoms with Crippen LogP contribution in [-0.2, 0) is 9.59 Å². The zero-order valence-electron chi connectivity index (χ0n) is 12.5. The Bertz CT molecular complexity index is 336. The lowest BCUT2D eigenvalue weighted by Crippen LogP contribution is -2.53. The standard InChI is InChI=1S/C14H27N3O2/c1-10(2)8-11(13(19)17(3)4)16-12(18)9-14(15)6-5-7-14/h10-11H,5-9,15H2,1-4H3,(H,16,18). The van der Waals surface area contributed by atoms with E-state index in [0.29, 0.717) is 18.8 Å². The third-order valence-electron chi connectivity index (χ3n) is 3.64. The largest absolute Gasteiger partial charge is 0.347 e. The van der Waals surface area contributed by atoms with Gasteiger partial charge in [-0.3, -0.25) is 9.59 Å². The molecule has 0 aromatic heterocycles. The molecule has 0 aliphatic heterocycles. The van der Waals surface area contributed by atoms with Crippen molar-refractivity contribution in [1.82, 2.24) is 10.2 Å². The summed E-state index contributed by atoms with van der Waals surface area (Å²) < 4.78 is 0. The number of nitrogens with two attached hydrogens (primary N) is 1. The number of hydrogen-bond donors (Lipinski definition) is 2. The van der Waals surface area contributed by atoms with Crippen molar-refractivity contribution < 1.29 is 9.59 Å². The molecular weight excluding hydrogens is 242 g/mol. The van der Waals surface area contributed by atoms with Crippen LogP contribution in [0, 0.1) is 5.92 Å². The van der Waals surface area contributed by atoms with Crippen LogP contribution < -0.4 is 11.1 Å². The number of nitrogens with one attached hydrogen (secondary N) is 1. The summed E-state index contributed by atoms with van der Waals surface area (Å²) in [5, 5.41) is 2.84. The van der Waals surface area contributed by atoms with Gasteiger partial charge in [-0.05, 0) is 31.6 Å². The SMILES string of the molecule is CC(C)CC(NC(=O)CC1(N)CCC1)C(=O)N(C)C. The van der Waals surface area contributed by atoms with E-state index >= 15 is 0 Å². The predicted molar refractivity (Wildman–Crippen MR) is 75.5 cm³/mol. The zero-order valence-corrected chi connectivity index (χ0v) is 12.5. The van der Waals surface area contributed by atoms with Gasteiger partial charge in [0.05, 0.1) is 0 Å². The smallest absolute Gasteiger partial charge is 0.244 e. The Hall–Kier alpha value is -1.10. The van der Waals surface area contributed by atoms with Gasteiger partial charge in [0.2, 0.25) is 11.8 Å². The lowest BCUT2D eigenvalue weighted by Gasteiger charge is -2.37. The van der Waals surface area contributed by atoms with Gasteiger partial charge in [0.15, 0.2) is 0 Å². The minimum Gasteiger partial charge on any atom is -0.347 e. The molecule has 0 spiro atoms. The summed E-state index contributed by atoms with van der Waals surface area (Å²) in [6.45, 7) is 4.08. The highest BCUT2D eigenvalue weighted by Crippen LogP contribution is 2.32. The van der Waals surface area contributed by atoms with Crippen LogP contribution in [-0.4, -0.2) is 42.4 Å². The number of carbonyl (C=O) groups excluding carboxylic acids is 2. The topological polar surface area (TPSA) is 75.4 Å². The third-order valence-corrected chi connectivity index (χ3v) is 3.64. The van der Waals surface area contributed by atoms with Gasteiger partial charge in [-0.25, -0.2) is 0 Å². The first kappa shape index (κ1) is 16.0. The molecule has 0 bridgehead atoms. The second-order valence-corrected chi connectivity index (χ2v) is 6.38. The predicted octanol–water partition coefficient (Wildman–Crippen LogP) is 0.877. The Morgan fingerprint density at radius 3 is 2.26 bits per heavy atom. The third kappa shape index (κ3) is 4.82. The highest BCUT2D eigenvalue weighted by molar-refractivity contribution is 5.87. The van der Waals surface area contributed by atoms with Gasteiger partial charge >= 0.3 is 0 Å². The molecule has 5 nitrogen and oxygen atoms in total. The Labute approximate surface area is 115 Å². The molecule has 1 aliphatic carbocycles. The van der Waals surface area contributed by atoms with E-state index in [0.717, 1.165) is 19.3 Å². The molecule has 5 heteroatoms. The van der Waals surface area contributed by atoms with Crippen LogP contribution in [0.5, 0.6) is 0 Å². The van der Waals surface area contributed by atoms with Crippen molar-refractivity contribution in [3.8, 4) is 0 Å². The van der Waals surface area contributed by atoms with Crippen LogP contribution in [0.15, 0.2) is 0 Å². The zero-order chi connectivity index (χ0) is 14.6. The summed E-state index contributed by atoms with van der Waals surface area (Å²) in [5.41, 5.74) is 5.72. The molecule has 0 radical (unpaired) electrons. The molecular formula is C14H27N3O2. The number of amides is 2. The maximum absolute atomic E-state index is 12.0. The van der Waals surface area contributed by atoms with Gasteiger partial charge < -0.3 is 16.0 Å². The first-order chi connectivity index (χ1) is 8.73. The molecule has 1 rings (SSSR count). The van der Waals surface area contributed by atoms with Crippen LogP contribution >= 0.6 is 0 Å². The normalized spacial score (nSPS) is 18.6. The summed E-state index contributed by atoms with van der Waals surface area (Å²) >= 11 is 0. The fourth-order valence-corrected chi connectivity index (χ4v) is 2.38. The van der Waals surface area contributed by atoms with Gasteiger partial charge in [-0.15, -0.1) is 0 Å². The second kappa shape index (κ2) is 6.37. The molecule has 0 aromatic carbocycles. The van der Waals surface area contributed by atoms with Crippen molar-refractivity contribution in [3.05, 3.63) is 0 Å². The average molecular weight is 269 g/mol. The fourth-order valence-electron chi connectivity index (χ4n) is 2.38. The highest BCUT2D eigenvalue weighted by Gasteiger charge is 2.35. The van der Waals surface area contributed by atoms with Crippen LogP contribution in [0.4, 0.5) is 0 Å². The number of nitrogens with zero attached hydrogens (tertiary/aromatic N) is 1. The van der Waals surface area contributed by atoms with E-state index in [1.54, 1.807) is 14.1 Å². The van der Waals surface area contributed by atoms with Crippen molar-refractivity contribution in [2.24, 2.45) is 11.7 Å². The van der Waals surface area contributed by atoms with Crippen molar-refractivity contribution >= 4 is 11.8 Å². The van der Waals surface area contributed by atoms with E-state index in [1.165, 1.54) is 4.90 Å². The van der Waals surface area contributed by atoms with E-state index in [9.17, 15) is 9.59 Å². The van der Waals surface area contributed by atoms with Gasteiger partial charge in [0, 0.05) is 26.1 Å². The Morgan fingerprint density at radius 1 is 1.32 bits per heavy atom. The fraction of sp³-hybridized carbons (Fsp3) is 0.857. The number of rotatable bonds is 6. The molecule has 1 fully saturated rings. The molecule has 1 unspecified atom stereocenters. The summed E-state index contributed by atoms with van der Waals surface area (Å²) in [6.07, 6.45) is 3.87. The minimum absolute atomic E-state index is 0.0540. The van der Waals surface area contributed by atoms with Crippen molar-refractivity contribution in [1.29, 1.82) is 0 Å². The molecule has 19 heavy (non-hydrogen) atoms. The van der Waals surface area contributed by atoms with E-state index < -0.39 is 6.04 Å². The number of carbonyl (C=O) groups is 2. The average Bonchev–Trinajstić information content (AvgIpc) is 2.24. The Morgan fingerprint density at radius 2 is 1.89 bits per heavy atom. The van der Waals surface area contributed by atoms with Crippen LogP contribution in [0.3, 0.4) is 0 Å². The van der Waals surface area contributed by atoms with Gasteiger partial charge in [-0.2, -0.15) is 0 Å². The van der Waals surface area contributed by atoms with Crippen molar-refractivity contribution in [2.45, 2.75) is 57.5 Å². The molecule has 1 aliphatic rings. The first-order valence-corrected chi connectivity index (χ1v) is 7.03. The van der Waals surface area contributed by atoms with Crippen molar-refractivity contribution in [3.63, 3.8) is 0 Å². The van der Waals surface area contributed by atoms with E-state index in [4.69, 9.17) is 5.73 Å². The summed E-state index contributed by atoms with van der Waals surface area (Å²) in [7, 11) is 3.41. The monoisotopic (exact) mass is 269 g/mol. The summed E-state index contributed by atoms with van der Waals surface area (Å²) in [4.78, 5) is 25.6. The van der Waals surface area contributed by atoms with Crippen LogP contribution in [0.25, 0.3) is 0 Å². The Kier molecular flexibility index (Phi) is 5.35. The summed E-state index contributed by atoms with van der Waals surface area (Å²) in [6, 6.07) is -0.439. The summed E-state index contributed by atoms with van der Waals surface area (Å²) in [5.74, 6) is 0.189. The molecule has 1 saturated carbocycles. The molecule has 2 amide bonds. The highest BCUT2D eigenvalue weighted by atomic mass is 16.2. The Balaban J connectivity index is 2.55. The molecule has 110 valence electrons. The molecule has 0 saturated heterocycles. The quantitative estimate of drug-likeness (QED) is 0.751. The molecule has 3 N–H and O–H groups in total. The first-order valence-electron chi connectivity index (χ1n) is 7.03. The maximum Gasteiger partial charge on any atom is 0.244 e. The van der Waals surface area contributed by atoms with Gasteiger partial charge in [0.1, 0.15) is 6.04 Å². The molecule has 0 heterocycles. The van der Waals surface area contributed by atoms with Gasteiger partial charge in [0.25, 0.3) is 0 Å². The van der Waals surface area contributed by atoms with Crippen LogP contribution in [0.1, 0.15) is 46.0 Å². The van der Waals surface area contributed by atoms with E-state index in [1.807, 2.05) is 13.8 Å². The second-order valence-electron chi connectivity index (χ2n) is 6.38. The maximum atomic E-state index is 12.0.